The summed E-state index contributed by atoms with van der Waals surface area (Å²) in [5.74, 6) is 0. The average Bonchev–Trinajstić information content (AvgIpc) is 2.39. The lowest BCUT2D eigenvalue weighted by molar-refractivity contribution is 1.06. The smallest absolute Gasteiger partial charge is 0.0364 e. The highest BCUT2D eigenvalue weighted by Crippen LogP contribution is 2.26. The van der Waals surface area contributed by atoms with Crippen molar-refractivity contribution in [3.05, 3.63) is 54.1 Å². The largest absolute Gasteiger partial charge is 0.378 e. The van der Waals surface area contributed by atoms with Crippen LogP contribution in [0, 0.1) is 0 Å². The molecule has 17 heavy (non-hydrogen) atoms. The maximum atomic E-state index is 5.84. The fraction of sp³-hybridized carbons (Fsp3) is 0.200. The second-order valence-corrected chi connectivity index (χ2v) is 4.31. The first-order valence-corrected chi connectivity index (χ1v) is 5.78. The van der Waals surface area contributed by atoms with Gasteiger partial charge in [-0.2, -0.15) is 0 Å². The Kier molecular flexibility index (Phi) is 3.45. The standard InChI is InChI=1S/C15H18N2/c1-17(2)14-8-9-15(13(10-14)11-16)12-6-4-3-5-7-12/h3-10H,11,16H2,1-2H3. The molecule has 0 aromatic heterocycles. The Hall–Kier alpha value is -1.80. The van der Waals surface area contributed by atoms with Gasteiger partial charge in [0.15, 0.2) is 0 Å². The molecule has 0 aliphatic carbocycles. The Morgan fingerprint density at radius 2 is 1.71 bits per heavy atom. The van der Waals surface area contributed by atoms with Crippen molar-refractivity contribution in [3.63, 3.8) is 0 Å². The van der Waals surface area contributed by atoms with Crippen LogP contribution in [-0.2, 0) is 6.54 Å². The highest BCUT2D eigenvalue weighted by molar-refractivity contribution is 5.70. The molecule has 0 aliphatic heterocycles. The van der Waals surface area contributed by atoms with E-state index < -0.39 is 0 Å². The molecule has 2 aromatic rings. The topological polar surface area (TPSA) is 29.3 Å². The Morgan fingerprint density at radius 1 is 1.00 bits per heavy atom. The van der Waals surface area contributed by atoms with Crippen LogP contribution in [0.25, 0.3) is 11.1 Å². The van der Waals surface area contributed by atoms with Gasteiger partial charge >= 0.3 is 0 Å². The normalized spacial score (nSPS) is 10.3. The minimum Gasteiger partial charge on any atom is -0.378 e. The van der Waals surface area contributed by atoms with E-state index in [0.717, 1.165) is 0 Å². The zero-order valence-corrected chi connectivity index (χ0v) is 10.4. The van der Waals surface area contributed by atoms with Gasteiger partial charge in [0.1, 0.15) is 0 Å². The number of nitrogens with zero attached hydrogens (tertiary/aromatic N) is 1. The molecule has 0 atom stereocenters. The van der Waals surface area contributed by atoms with E-state index >= 15 is 0 Å². The predicted octanol–water partition coefficient (Wildman–Crippen LogP) is 2.88. The van der Waals surface area contributed by atoms with Gasteiger partial charge in [-0.1, -0.05) is 36.4 Å². The van der Waals surface area contributed by atoms with Crippen molar-refractivity contribution >= 4 is 5.69 Å². The molecule has 0 fully saturated rings. The summed E-state index contributed by atoms with van der Waals surface area (Å²) < 4.78 is 0. The lowest BCUT2D eigenvalue weighted by Crippen LogP contribution is -2.10. The lowest BCUT2D eigenvalue weighted by atomic mass is 9.99. The third kappa shape index (κ3) is 2.48. The molecule has 88 valence electrons. The summed E-state index contributed by atoms with van der Waals surface area (Å²) >= 11 is 0. The van der Waals surface area contributed by atoms with Crippen LogP contribution in [0.2, 0.25) is 0 Å². The molecule has 0 amide bonds. The Bertz CT molecular complexity index is 490. The van der Waals surface area contributed by atoms with E-state index in [1.165, 1.54) is 22.4 Å². The van der Waals surface area contributed by atoms with Gasteiger partial charge in [0.2, 0.25) is 0 Å². The number of benzene rings is 2. The van der Waals surface area contributed by atoms with Gasteiger partial charge in [-0.25, -0.2) is 0 Å². The summed E-state index contributed by atoms with van der Waals surface area (Å²) in [4.78, 5) is 2.09. The SMILES string of the molecule is CN(C)c1ccc(-c2ccccc2)c(CN)c1. The number of anilines is 1. The second-order valence-electron chi connectivity index (χ2n) is 4.31. The zero-order chi connectivity index (χ0) is 12.3. The third-order valence-electron chi connectivity index (χ3n) is 2.91. The minimum absolute atomic E-state index is 0.561. The van der Waals surface area contributed by atoms with Gasteiger partial charge in [-0.05, 0) is 28.8 Å². The molecule has 2 aromatic carbocycles. The molecule has 0 unspecified atom stereocenters. The molecule has 2 heteroatoms. The molecule has 2 N–H and O–H groups in total. The van der Waals surface area contributed by atoms with Gasteiger partial charge < -0.3 is 10.6 Å². The molecule has 2 nitrogen and oxygen atoms in total. The number of nitrogens with two attached hydrogens (primary N) is 1. The van der Waals surface area contributed by atoms with E-state index in [2.05, 4.69) is 47.4 Å². The van der Waals surface area contributed by atoms with Crippen LogP contribution >= 0.6 is 0 Å². The van der Waals surface area contributed by atoms with Crippen LogP contribution in [0.15, 0.2) is 48.5 Å². The summed E-state index contributed by atoms with van der Waals surface area (Å²) in [7, 11) is 4.08. The molecular weight excluding hydrogens is 208 g/mol. The second kappa shape index (κ2) is 5.02. The number of rotatable bonds is 3. The maximum absolute atomic E-state index is 5.84. The Morgan fingerprint density at radius 3 is 2.29 bits per heavy atom. The molecule has 0 bridgehead atoms. The Labute approximate surface area is 103 Å². The van der Waals surface area contributed by atoms with Crippen molar-refractivity contribution in [1.29, 1.82) is 0 Å². The summed E-state index contributed by atoms with van der Waals surface area (Å²) in [6.07, 6.45) is 0. The van der Waals surface area contributed by atoms with Crippen molar-refractivity contribution in [2.45, 2.75) is 6.54 Å². The van der Waals surface area contributed by atoms with Gasteiger partial charge in [-0.3, -0.25) is 0 Å². The quantitative estimate of drug-likeness (QED) is 0.872. The van der Waals surface area contributed by atoms with E-state index in [1.807, 2.05) is 20.2 Å². The molecule has 0 heterocycles. The Balaban J connectivity index is 2.49. The van der Waals surface area contributed by atoms with Gasteiger partial charge in [0, 0.05) is 26.3 Å². The van der Waals surface area contributed by atoms with Crippen LogP contribution in [0.1, 0.15) is 5.56 Å². The summed E-state index contributed by atoms with van der Waals surface area (Å²) in [5.41, 5.74) is 10.6. The fourth-order valence-corrected chi connectivity index (χ4v) is 1.93. The van der Waals surface area contributed by atoms with E-state index in [1.54, 1.807) is 0 Å². The highest BCUT2D eigenvalue weighted by atomic mass is 15.1. The van der Waals surface area contributed by atoms with Crippen LogP contribution < -0.4 is 10.6 Å². The molecule has 0 saturated carbocycles. The summed E-state index contributed by atoms with van der Waals surface area (Å²) in [6.45, 7) is 0.561. The lowest BCUT2D eigenvalue weighted by Gasteiger charge is -2.16. The van der Waals surface area contributed by atoms with Crippen LogP contribution in [0.4, 0.5) is 5.69 Å². The van der Waals surface area contributed by atoms with Gasteiger partial charge in [0.05, 0.1) is 0 Å². The molecule has 0 radical (unpaired) electrons. The summed E-state index contributed by atoms with van der Waals surface area (Å²) in [6, 6.07) is 16.8. The molecule has 2 rings (SSSR count). The molecular formula is C15H18N2. The first kappa shape index (κ1) is 11.7. The monoisotopic (exact) mass is 226 g/mol. The fourth-order valence-electron chi connectivity index (χ4n) is 1.93. The van der Waals surface area contributed by atoms with Crippen molar-refractivity contribution in [2.24, 2.45) is 5.73 Å². The molecule has 0 spiro atoms. The number of hydrogen-bond donors (Lipinski definition) is 1. The van der Waals surface area contributed by atoms with Crippen LogP contribution in [0.5, 0.6) is 0 Å². The first-order chi connectivity index (χ1) is 8.22. The zero-order valence-electron chi connectivity index (χ0n) is 10.4. The van der Waals surface area contributed by atoms with Gasteiger partial charge in [0.25, 0.3) is 0 Å². The van der Waals surface area contributed by atoms with Crippen LogP contribution in [0.3, 0.4) is 0 Å². The van der Waals surface area contributed by atoms with Crippen LogP contribution in [-0.4, -0.2) is 14.1 Å². The molecule has 0 saturated heterocycles. The highest BCUT2D eigenvalue weighted by Gasteiger charge is 2.05. The van der Waals surface area contributed by atoms with E-state index in [-0.39, 0.29) is 0 Å². The van der Waals surface area contributed by atoms with E-state index in [9.17, 15) is 0 Å². The average molecular weight is 226 g/mol. The number of hydrogen-bond acceptors (Lipinski definition) is 2. The predicted molar refractivity (Wildman–Crippen MR) is 74.1 cm³/mol. The first-order valence-electron chi connectivity index (χ1n) is 5.78. The maximum Gasteiger partial charge on any atom is 0.0364 e. The summed E-state index contributed by atoms with van der Waals surface area (Å²) in [5, 5.41) is 0. The minimum atomic E-state index is 0.561. The van der Waals surface area contributed by atoms with Crippen molar-refractivity contribution in [2.75, 3.05) is 19.0 Å². The van der Waals surface area contributed by atoms with Gasteiger partial charge in [-0.15, -0.1) is 0 Å². The van der Waals surface area contributed by atoms with Crippen molar-refractivity contribution in [3.8, 4) is 11.1 Å². The van der Waals surface area contributed by atoms with E-state index in [0.29, 0.717) is 6.54 Å². The van der Waals surface area contributed by atoms with E-state index in [4.69, 9.17) is 5.73 Å². The van der Waals surface area contributed by atoms with Crippen molar-refractivity contribution in [1.82, 2.24) is 0 Å². The third-order valence-corrected chi connectivity index (χ3v) is 2.91. The van der Waals surface area contributed by atoms with Crippen molar-refractivity contribution < 1.29 is 0 Å². The molecule has 0 aliphatic rings.